The van der Waals surface area contributed by atoms with Crippen molar-refractivity contribution in [1.82, 2.24) is 19.6 Å². The van der Waals surface area contributed by atoms with E-state index in [1.807, 2.05) is 4.90 Å². The summed E-state index contributed by atoms with van der Waals surface area (Å²) in [6.07, 6.45) is 1.11. The van der Waals surface area contributed by atoms with Crippen molar-refractivity contribution in [3.63, 3.8) is 0 Å². The number of rotatable bonds is 4. The third-order valence-electron chi connectivity index (χ3n) is 4.49. The average Bonchev–Trinajstić information content (AvgIpc) is 2.90. The van der Waals surface area contributed by atoms with E-state index in [1.54, 1.807) is 19.1 Å². The van der Waals surface area contributed by atoms with E-state index in [0.29, 0.717) is 30.0 Å². The van der Waals surface area contributed by atoms with Crippen LogP contribution in [-0.2, 0) is 0 Å². The molecule has 2 heterocycles. The minimum Gasteiger partial charge on any atom is -0.336 e. The van der Waals surface area contributed by atoms with E-state index in [2.05, 4.69) is 16.9 Å². The van der Waals surface area contributed by atoms with E-state index < -0.39 is 0 Å². The smallest absolute Gasteiger partial charge is 0.258 e. The molecule has 1 aromatic carbocycles. The molecule has 0 aliphatic carbocycles. The molecule has 0 N–H and O–H groups in total. The summed E-state index contributed by atoms with van der Waals surface area (Å²) in [7, 11) is 0. The topological polar surface area (TPSA) is 41.4 Å². The lowest BCUT2D eigenvalue weighted by atomic mass is 10.2. The summed E-state index contributed by atoms with van der Waals surface area (Å²) in [5.74, 6) is -0.419. The Morgan fingerprint density at radius 2 is 1.84 bits per heavy atom. The quantitative estimate of drug-likeness (QED) is 0.837. The predicted octanol–water partition coefficient (Wildman–Crippen LogP) is 3.14. The number of piperazine rings is 1. The fourth-order valence-corrected chi connectivity index (χ4v) is 3.50. The van der Waals surface area contributed by atoms with Gasteiger partial charge in [0, 0.05) is 26.2 Å². The molecule has 1 saturated heterocycles. The van der Waals surface area contributed by atoms with E-state index >= 15 is 0 Å². The lowest BCUT2D eigenvalue weighted by molar-refractivity contribution is 0.0637. The first-order valence-corrected chi connectivity index (χ1v) is 8.91. The molecule has 1 aliphatic heterocycles. The number of carbonyl (C=O) groups excluding carboxylic acids is 1. The first kappa shape index (κ1) is 17.9. The van der Waals surface area contributed by atoms with Crippen molar-refractivity contribution in [3.8, 4) is 5.69 Å². The number of carbonyl (C=O) groups is 1. The molecule has 0 spiro atoms. The van der Waals surface area contributed by atoms with Crippen LogP contribution in [0.25, 0.3) is 5.69 Å². The summed E-state index contributed by atoms with van der Waals surface area (Å²) < 4.78 is 14.6. The number of aryl methyl sites for hydroxylation is 1. The van der Waals surface area contributed by atoms with Gasteiger partial charge in [0.15, 0.2) is 0 Å². The van der Waals surface area contributed by atoms with E-state index in [9.17, 15) is 9.18 Å². The Bertz CT molecular complexity index is 751. The Morgan fingerprint density at radius 3 is 2.44 bits per heavy atom. The minimum absolute atomic E-state index is 0.0907. The highest BCUT2D eigenvalue weighted by molar-refractivity contribution is 6.33. The molecule has 3 rings (SSSR count). The molecular weight excluding hydrogens is 343 g/mol. The summed E-state index contributed by atoms with van der Waals surface area (Å²) in [6.45, 7) is 8.12. The molecule has 0 radical (unpaired) electrons. The van der Waals surface area contributed by atoms with E-state index in [1.165, 1.54) is 16.8 Å². The Balaban J connectivity index is 1.81. The molecule has 0 saturated carbocycles. The van der Waals surface area contributed by atoms with Gasteiger partial charge in [-0.15, -0.1) is 0 Å². The molecule has 7 heteroatoms. The molecule has 25 heavy (non-hydrogen) atoms. The van der Waals surface area contributed by atoms with Gasteiger partial charge < -0.3 is 4.90 Å². The van der Waals surface area contributed by atoms with Gasteiger partial charge in [0.1, 0.15) is 11.0 Å². The lowest BCUT2D eigenvalue weighted by Crippen LogP contribution is -2.48. The Kier molecular flexibility index (Phi) is 5.39. The zero-order chi connectivity index (χ0) is 18.0. The van der Waals surface area contributed by atoms with Crippen LogP contribution >= 0.6 is 11.6 Å². The van der Waals surface area contributed by atoms with Crippen LogP contribution in [0.15, 0.2) is 24.3 Å². The average molecular weight is 365 g/mol. The Hall–Kier alpha value is -1.92. The molecule has 1 aliphatic rings. The van der Waals surface area contributed by atoms with E-state index in [4.69, 9.17) is 11.6 Å². The molecule has 1 amide bonds. The number of nitrogens with zero attached hydrogens (tertiary/aromatic N) is 4. The second-order valence-corrected chi connectivity index (χ2v) is 6.63. The van der Waals surface area contributed by atoms with Crippen molar-refractivity contribution in [2.75, 3.05) is 32.7 Å². The van der Waals surface area contributed by atoms with Crippen LogP contribution in [0, 0.1) is 12.7 Å². The second-order valence-electron chi connectivity index (χ2n) is 6.27. The maximum atomic E-state index is 13.1. The zero-order valence-corrected chi connectivity index (χ0v) is 15.3. The molecule has 0 unspecified atom stereocenters. The maximum Gasteiger partial charge on any atom is 0.258 e. The van der Waals surface area contributed by atoms with Crippen LogP contribution in [-0.4, -0.2) is 58.2 Å². The van der Waals surface area contributed by atoms with Gasteiger partial charge in [-0.2, -0.15) is 5.10 Å². The van der Waals surface area contributed by atoms with Gasteiger partial charge in [-0.05, 0) is 44.2 Å². The molecule has 2 aromatic rings. The van der Waals surface area contributed by atoms with Crippen LogP contribution < -0.4 is 0 Å². The highest BCUT2D eigenvalue weighted by Gasteiger charge is 2.27. The summed E-state index contributed by atoms with van der Waals surface area (Å²) in [5.41, 5.74) is 1.63. The number of aromatic nitrogens is 2. The number of amides is 1. The van der Waals surface area contributed by atoms with E-state index in [-0.39, 0.29) is 16.9 Å². The van der Waals surface area contributed by atoms with Gasteiger partial charge in [0.25, 0.3) is 5.91 Å². The third kappa shape index (κ3) is 3.70. The zero-order valence-electron chi connectivity index (χ0n) is 14.5. The maximum absolute atomic E-state index is 13.1. The van der Waals surface area contributed by atoms with Crippen molar-refractivity contribution < 1.29 is 9.18 Å². The number of halogens is 2. The van der Waals surface area contributed by atoms with Crippen LogP contribution in [0.3, 0.4) is 0 Å². The monoisotopic (exact) mass is 364 g/mol. The normalized spacial score (nSPS) is 15.6. The Labute approximate surface area is 152 Å². The van der Waals surface area contributed by atoms with Crippen molar-refractivity contribution in [1.29, 1.82) is 0 Å². The van der Waals surface area contributed by atoms with Gasteiger partial charge in [-0.25, -0.2) is 9.07 Å². The molecule has 0 atom stereocenters. The molecule has 0 bridgehead atoms. The summed E-state index contributed by atoms with van der Waals surface area (Å²) >= 11 is 6.45. The van der Waals surface area contributed by atoms with E-state index in [0.717, 1.165) is 26.1 Å². The van der Waals surface area contributed by atoms with Crippen LogP contribution in [0.2, 0.25) is 5.15 Å². The van der Waals surface area contributed by atoms with Gasteiger partial charge in [0.2, 0.25) is 0 Å². The second kappa shape index (κ2) is 7.54. The van der Waals surface area contributed by atoms with Crippen LogP contribution in [0.4, 0.5) is 4.39 Å². The van der Waals surface area contributed by atoms with Crippen molar-refractivity contribution in [2.24, 2.45) is 0 Å². The summed E-state index contributed by atoms with van der Waals surface area (Å²) in [4.78, 5) is 17.1. The highest BCUT2D eigenvalue weighted by Crippen LogP contribution is 2.25. The number of benzene rings is 1. The SMILES string of the molecule is CCCN1CCN(C(=O)c2c(C)nn(-c3ccc(F)cc3)c2Cl)CC1. The van der Waals surface area contributed by atoms with Crippen molar-refractivity contribution in [2.45, 2.75) is 20.3 Å². The molecule has 5 nitrogen and oxygen atoms in total. The van der Waals surface area contributed by atoms with Crippen LogP contribution in [0.1, 0.15) is 29.4 Å². The Morgan fingerprint density at radius 1 is 1.20 bits per heavy atom. The summed E-state index contributed by atoms with van der Waals surface area (Å²) in [6, 6.07) is 5.87. The van der Waals surface area contributed by atoms with Gasteiger partial charge >= 0.3 is 0 Å². The largest absolute Gasteiger partial charge is 0.336 e. The molecule has 1 fully saturated rings. The summed E-state index contributed by atoms with van der Waals surface area (Å²) in [5, 5.41) is 4.64. The predicted molar refractivity (Wildman–Crippen MR) is 95.9 cm³/mol. The first-order valence-electron chi connectivity index (χ1n) is 8.54. The van der Waals surface area contributed by atoms with Crippen molar-refractivity contribution >= 4 is 17.5 Å². The molecular formula is C18H22ClFN4O. The lowest BCUT2D eigenvalue weighted by Gasteiger charge is -2.34. The van der Waals surface area contributed by atoms with Crippen molar-refractivity contribution in [3.05, 3.63) is 46.5 Å². The number of hydrogen-bond donors (Lipinski definition) is 0. The fraction of sp³-hybridized carbons (Fsp3) is 0.444. The number of hydrogen-bond acceptors (Lipinski definition) is 3. The van der Waals surface area contributed by atoms with Gasteiger partial charge in [-0.3, -0.25) is 9.69 Å². The highest BCUT2D eigenvalue weighted by atomic mass is 35.5. The van der Waals surface area contributed by atoms with Gasteiger partial charge in [-0.1, -0.05) is 18.5 Å². The minimum atomic E-state index is -0.329. The first-order chi connectivity index (χ1) is 12.0. The third-order valence-corrected chi connectivity index (χ3v) is 4.84. The standard InChI is InChI=1S/C18H22ClFN4O/c1-3-8-22-9-11-23(12-10-22)18(25)16-13(2)21-24(17(16)19)15-6-4-14(20)5-7-15/h4-7H,3,8-12H2,1-2H3. The molecule has 134 valence electrons. The van der Waals surface area contributed by atoms with Gasteiger partial charge in [0.05, 0.1) is 16.9 Å². The van der Waals surface area contributed by atoms with Crippen LogP contribution in [0.5, 0.6) is 0 Å². The fourth-order valence-electron chi connectivity index (χ4n) is 3.14. The molecule has 1 aromatic heterocycles.